The number of hydrogen-bond acceptors (Lipinski definition) is 7. The minimum Gasteiger partial charge on any atom is -0.394 e. The molecule has 0 aromatic rings. The Kier molecular flexibility index (Phi) is 19.5. The van der Waals surface area contributed by atoms with Gasteiger partial charge in [0.25, 0.3) is 0 Å². The Morgan fingerprint density at radius 1 is 0.652 bits per heavy atom. The van der Waals surface area contributed by atoms with Crippen molar-refractivity contribution in [2.45, 2.75) is 13.8 Å². The van der Waals surface area contributed by atoms with E-state index in [1.807, 2.05) is 0 Å². The van der Waals surface area contributed by atoms with Crippen LogP contribution in [0.1, 0.15) is 13.8 Å². The van der Waals surface area contributed by atoms with E-state index >= 15 is 0 Å². The van der Waals surface area contributed by atoms with Crippen LogP contribution in [0.3, 0.4) is 0 Å². The third-order valence-corrected chi connectivity index (χ3v) is 2.70. The smallest absolute Gasteiger partial charge is 0.0701 e. The van der Waals surface area contributed by atoms with Gasteiger partial charge in [-0.1, -0.05) is 13.8 Å². The predicted octanol–water partition coefficient (Wildman–Crippen LogP) is 0.307. The van der Waals surface area contributed by atoms with Crippen molar-refractivity contribution in [1.82, 2.24) is 5.32 Å². The molecular formula is C16H35NO6. The second-order valence-corrected chi connectivity index (χ2v) is 5.38. The molecule has 0 amide bonds. The van der Waals surface area contributed by atoms with Gasteiger partial charge >= 0.3 is 0 Å². The fraction of sp³-hybridized carbons (Fsp3) is 1.00. The standard InChI is InChI=1S/C16H35NO6/c1-16(2)15-17-3-5-19-7-9-21-11-13-23-14-12-22-10-8-20-6-4-18/h16-18H,3-15H2,1-2H3. The Hall–Kier alpha value is -0.280. The summed E-state index contributed by atoms with van der Waals surface area (Å²) in [6.45, 7) is 11.8. The molecule has 0 aliphatic heterocycles. The zero-order valence-corrected chi connectivity index (χ0v) is 14.8. The summed E-state index contributed by atoms with van der Waals surface area (Å²) < 4.78 is 26.5. The fourth-order valence-corrected chi connectivity index (χ4v) is 1.58. The van der Waals surface area contributed by atoms with Crippen LogP contribution in [-0.4, -0.2) is 90.9 Å². The fourth-order valence-electron chi connectivity index (χ4n) is 1.58. The summed E-state index contributed by atoms with van der Waals surface area (Å²) in [6, 6.07) is 0. The van der Waals surface area contributed by atoms with Gasteiger partial charge in [0.15, 0.2) is 0 Å². The maximum atomic E-state index is 8.50. The average Bonchev–Trinajstić information content (AvgIpc) is 2.53. The highest BCUT2D eigenvalue weighted by atomic mass is 16.6. The van der Waals surface area contributed by atoms with Crippen LogP contribution < -0.4 is 5.32 Å². The molecule has 140 valence electrons. The summed E-state index contributed by atoms with van der Waals surface area (Å²) in [4.78, 5) is 0. The van der Waals surface area contributed by atoms with Crippen LogP contribution >= 0.6 is 0 Å². The van der Waals surface area contributed by atoms with E-state index in [0.717, 1.165) is 13.1 Å². The highest BCUT2D eigenvalue weighted by Crippen LogP contribution is 1.86. The molecule has 0 fully saturated rings. The molecule has 23 heavy (non-hydrogen) atoms. The summed E-state index contributed by atoms with van der Waals surface area (Å²) in [7, 11) is 0. The van der Waals surface area contributed by atoms with Gasteiger partial charge in [0.2, 0.25) is 0 Å². The lowest BCUT2D eigenvalue weighted by molar-refractivity contribution is -0.0130. The van der Waals surface area contributed by atoms with Gasteiger partial charge in [0.1, 0.15) is 0 Å². The van der Waals surface area contributed by atoms with Gasteiger partial charge in [0.05, 0.1) is 72.7 Å². The molecule has 0 aliphatic carbocycles. The van der Waals surface area contributed by atoms with E-state index in [1.165, 1.54) is 0 Å². The quantitative estimate of drug-likeness (QED) is 0.328. The number of hydrogen-bond donors (Lipinski definition) is 2. The first-order valence-electron chi connectivity index (χ1n) is 8.47. The molecule has 0 aliphatic rings. The van der Waals surface area contributed by atoms with Crippen LogP contribution in [0.5, 0.6) is 0 Å². The van der Waals surface area contributed by atoms with Crippen molar-refractivity contribution >= 4 is 0 Å². The third kappa shape index (κ3) is 21.7. The Bertz CT molecular complexity index is 219. The number of nitrogens with one attached hydrogen (secondary N) is 1. The van der Waals surface area contributed by atoms with E-state index in [1.54, 1.807) is 0 Å². The van der Waals surface area contributed by atoms with Gasteiger partial charge in [-0.25, -0.2) is 0 Å². The van der Waals surface area contributed by atoms with Crippen molar-refractivity contribution in [2.24, 2.45) is 5.92 Å². The number of ether oxygens (including phenoxy) is 5. The molecule has 0 spiro atoms. The highest BCUT2D eigenvalue weighted by molar-refractivity contribution is 4.49. The van der Waals surface area contributed by atoms with E-state index in [9.17, 15) is 0 Å². The van der Waals surface area contributed by atoms with Crippen molar-refractivity contribution in [3.05, 3.63) is 0 Å². The van der Waals surface area contributed by atoms with E-state index in [2.05, 4.69) is 19.2 Å². The molecule has 0 saturated heterocycles. The van der Waals surface area contributed by atoms with Crippen LogP contribution in [0, 0.1) is 5.92 Å². The van der Waals surface area contributed by atoms with Crippen molar-refractivity contribution in [1.29, 1.82) is 0 Å². The van der Waals surface area contributed by atoms with Crippen molar-refractivity contribution in [3.63, 3.8) is 0 Å². The first kappa shape index (κ1) is 22.7. The molecule has 0 saturated carbocycles. The maximum Gasteiger partial charge on any atom is 0.0701 e. The number of aliphatic hydroxyl groups is 1. The van der Waals surface area contributed by atoms with E-state index in [-0.39, 0.29) is 6.61 Å². The third-order valence-electron chi connectivity index (χ3n) is 2.70. The van der Waals surface area contributed by atoms with Gasteiger partial charge in [0, 0.05) is 6.54 Å². The van der Waals surface area contributed by atoms with E-state index < -0.39 is 0 Å². The molecule has 2 N–H and O–H groups in total. The highest BCUT2D eigenvalue weighted by Gasteiger charge is 1.94. The largest absolute Gasteiger partial charge is 0.394 e. The van der Waals surface area contributed by atoms with Gasteiger partial charge in [-0.2, -0.15) is 0 Å². The zero-order valence-electron chi connectivity index (χ0n) is 14.8. The summed E-state index contributed by atoms with van der Waals surface area (Å²) in [5.41, 5.74) is 0. The van der Waals surface area contributed by atoms with Gasteiger partial charge < -0.3 is 34.1 Å². The average molecular weight is 337 g/mol. The monoisotopic (exact) mass is 337 g/mol. The van der Waals surface area contributed by atoms with Gasteiger partial charge in [-0.3, -0.25) is 0 Å². The van der Waals surface area contributed by atoms with Crippen LogP contribution in [0.25, 0.3) is 0 Å². The lowest BCUT2D eigenvalue weighted by Crippen LogP contribution is -2.24. The Labute approximate surface area is 140 Å². The van der Waals surface area contributed by atoms with E-state index in [0.29, 0.717) is 72.0 Å². The maximum absolute atomic E-state index is 8.50. The predicted molar refractivity (Wildman–Crippen MR) is 88.9 cm³/mol. The molecule has 7 nitrogen and oxygen atoms in total. The molecule has 0 atom stereocenters. The molecule has 0 heterocycles. The second kappa shape index (κ2) is 19.8. The molecular weight excluding hydrogens is 302 g/mol. The molecule has 7 heteroatoms. The van der Waals surface area contributed by atoms with Gasteiger partial charge in [-0.15, -0.1) is 0 Å². The van der Waals surface area contributed by atoms with Crippen LogP contribution in [-0.2, 0) is 23.7 Å². The minimum atomic E-state index is 0.0448. The van der Waals surface area contributed by atoms with Crippen molar-refractivity contribution in [3.8, 4) is 0 Å². The van der Waals surface area contributed by atoms with Gasteiger partial charge in [-0.05, 0) is 12.5 Å². The molecule has 0 unspecified atom stereocenters. The van der Waals surface area contributed by atoms with Crippen LogP contribution in [0.15, 0.2) is 0 Å². The number of aliphatic hydroxyl groups excluding tert-OH is 1. The first-order valence-corrected chi connectivity index (χ1v) is 8.47. The summed E-state index contributed by atoms with van der Waals surface area (Å²) in [6.07, 6.45) is 0. The van der Waals surface area contributed by atoms with Crippen molar-refractivity contribution in [2.75, 3.05) is 85.8 Å². The lowest BCUT2D eigenvalue weighted by Gasteiger charge is -2.09. The Morgan fingerprint density at radius 2 is 1.04 bits per heavy atom. The molecule has 0 aromatic heterocycles. The minimum absolute atomic E-state index is 0.0448. The lowest BCUT2D eigenvalue weighted by atomic mass is 10.2. The van der Waals surface area contributed by atoms with Crippen LogP contribution in [0.4, 0.5) is 0 Å². The van der Waals surface area contributed by atoms with Crippen LogP contribution in [0.2, 0.25) is 0 Å². The zero-order chi connectivity index (χ0) is 17.0. The molecule has 0 radical (unpaired) electrons. The molecule has 0 aromatic carbocycles. The Morgan fingerprint density at radius 3 is 1.43 bits per heavy atom. The normalized spacial score (nSPS) is 11.5. The van der Waals surface area contributed by atoms with Crippen molar-refractivity contribution < 1.29 is 28.8 Å². The molecule has 0 rings (SSSR count). The second-order valence-electron chi connectivity index (χ2n) is 5.38. The topological polar surface area (TPSA) is 78.4 Å². The van der Waals surface area contributed by atoms with E-state index in [4.69, 9.17) is 28.8 Å². The summed E-state index contributed by atoms with van der Waals surface area (Å²) >= 11 is 0. The molecule has 0 bridgehead atoms. The SMILES string of the molecule is CC(C)CNCCOCCOCCOCCOCCOCCO. The first-order chi connectivity index (χ1) is 11.3. The Balaban J connectivity index is 2.95. The summed E-state index contributed by atoms with van der Waals surface area (Å²) in [5, 5.41) is 11.8. The summed E-state index contributed by atoms with van der Waals surface area (Å²) in [5.74, 6) is 0.670. The number of rotatable bonds is 19.